The third-order valence-corrected chi connectivity index (χ3v) is 7.29. The maximum Gasteiger partial charge on any atom is 0.140 e. The van der Waals surface area contributed by atoms with Crippen molar-refractivity contribution >= 4 is 0 Å². The summed E-state index contributed by atoms with van der Waals surface area (Å²) in [6, 6.07) is 32.6. The summed E-state index contributed by atoms with van der Waals surface area (Å²) in [4.78, 5) is 7.58. The summed E-state index contributed by atoms with van der Waals surface area (Å²) in [6.45, 7) is 6.46. The minimum absolute atomic E-state index is 0.709. The molecule has 0 bridgehead atoms. The highest BCUT2D eigenvalue weighted by Gasteiger charge is 2.39. The summed E-state index contributed by atoms with van der Waals surface area (Å²) in [7, 11) is 0. The fourth-order valence-corrected chi connectivity index (χ4v) is 5.21. The van der Waals surface area contributed by atoms with Crippen molar-refractivity contribution in [3.05, 3.63) is 114 Å². The largest absolute Gasteiger partial charge is 0.327 e. The summed E-state index contributed by atoms with van der Waals surface area (Å²) < 4.78 is 2.47. The Morgan fingerprint density at radius 2 is 1.57 bits per heavy atom. The van der Waals surface area contributed by atoms with Crippen molar-refractivity contribution in [3.8, 4) is 11.4 Å². The molecule has 0 amide bonds. The van der Waals surface area contributed by atoms with E-state index in [9.17, 15) is 0 Å². The van der Waals surface area contributed by atoms with E-state index in [0.29, 0.717) is 5.92 Å². The first-order valence-corrected chi connectivity index (χ1v) is 13.2. The van der Waals surface area contributed by atoms with Crippen LogP contribution in [0.1, 0.15) is 48.9 Å². The van der Waals surface area contributed by atoms with E-state index in [4.69, 9.17) is 4.98 Å². The smallest absolute Gasteiger partial charge is 0.140 e. The van der Waals surface area contributed by atoms with Gasteiger partial charge in [-0.15, -0.1) is 0 Å². The average molecular weight is 464 g/mol. The number of imidazole rings is 1. The molecule has 3 heteroatoms. The SMILES string of the molecule is CCCCn1c(CN(CCc2ccccc2)CC2CC2c2ccccc2)cnc1-c1ccccc1. The molecular formula is C32H37N3. The molecule has 0 spiro atoms. The second kappa shape index (κ2) is 11.5. The Morgan fingerprint density at radius 3 is 2.29 bits per heavy atom. The zero-order chi connectivity index (χ0) is 23.9. The Bertz CT molecular complexity index is 1170. The highest BCUT2D eigenvalue weighted by atomic mass is 15.2. The Labute approximate surface area is 210 Å². The van der Waals surface area contributed by atoms with Crippen LogP contribution in [-0.4, -0.2) is 27.5 Å². The van der Waals surface area contributed by atoms with Gasteiger partial charge in [0, 0.05) is 31.7 Å². The van der Waals surface area contributed by atoms with Gasteiger partial charge in [-0.2, -0.15) is 0 Å². The molecule has 0 saturated heterocycles. The van der Waals surface area contributed by atoms with E-state index in [1.54, 1.807) is 0 Å². The minimum atomic E-state index is 0.709. The van der Waals surface area contributed by atoms with Gasteiger partial charge < -0.3 is 4.57 Å². The van der Waals surface area contributed by atoms with Crippen molar-refractivity contribution in [1.82, 2.24) is 14.5 Å². The normalized spacial score (nSPS) is 17.1. The van der Waals surface area contributed by atoms with Gasteiger partial charge in [0.1, 0.15) is 5.82 Å². The van der Waals surface area contributed by atoms with Gasteiger partial charge in [0.25, 0.3) is 0 Å². The monoisotopic (exact) mass is 463 g/mol. The van der Waals surface area contributed by atoms with Gasteiger partial charge in [-0.25, -0.2) is 4.98 Å². The lowest BCUT2D eigenvalue weighted by Crippen LogP contribution is -2.29. The van der Waals surface area contributed by atoms with Crippen molar-refractivity contribution in [2.75, 3.05) is 13.1 Å². The molecule has 5 rings (SSSR count). The lowest BCUT2D eigenvalue weighted by atomic mass is 10.1. The van der Waals surface area contributed by atoms with Crippen LogP contribution in [0.5, 0.6) is 0 Å². The fraction of sp³-hybridized carbons (Fsp3) is 0.344. The van der Waals surface area contributed by atoms with Crippen molar-refractivity contribution in [2.45, 2.75) is 51.6 Å². The molecule has 1 aliphatic rings. The molecule has 1 heterocycles. The number of aromatic nitrogens is 2. The summed E-state index contributed by atoms with van der Waals surface area (Å²) in [6.07, 6.45) is 6.86. The maximum absolute atomic E-state index is 4.90. The molecule has 4 aromatic rings. The molecule has 3 nitrogen and oxygen atoms in total. The van der Waals surface area contributed by atoms with Crippen LogP contribution in [-0.2, 0) is 19.5 Å². The number of nitrogens with zero attached hydrogens (tertiary/aromatic N) is 3. The Kier molecular flexibility index (Phi) is 7.75. The third-order valence-electron chi connectivity index (χ3n) is 7.29. The van der Waals surface area contributed by atoms with Crippen LogP contribution in [0.3, 0.4) is 0 Å². The summed E-state index contributed by atoms with van der Waals surface area (Å²) in [5, 5.41) is 0. The molecule has 2 atom stereocenters. The van der Waals surface area contributed by atoms with E-state index in [-0.39, 0.29) is 0 Å². The van der Waals surface area contributed by atoms with Crippen LogP contribution in [0.2, 0.25) is 0 Å². The minimum Gasteiger partial charge on any atom is -0.327 e. The second-order valence-corrected chi connectivity index (χ2v) is 9.93. The summed E-state index contributed by atoms with van der Waals surface area (Å²) in [5.74, 6) is 2.56. The molecule has 1 saturated carbocycles. The highest BCUT2D eigenvalue weighted by molar-refractivity contribution is 5.55. The van der Waals surface area contributed by atoms with Crippen molar-refractivity contribution in [2.24, 2.45) is 5.92 Å². The van der Waals surface area contributed by atoms with E-state index < -0.39 is 0 Å². The predicted octanol–water partition coefficient (Wildman–Crippen LogP) is 7.20. The first kappa shape index (κ1) is 23.6. The zero-order valence-electron chi connectivity index (χ0n) is 20.9. The first-order valence-electron chi connectivity index (χ1n) is 13.2. The first-order chi connectivity index (χ1) is 17.3. The Balaban J connectivity index is 1.35. The number of hydrogen-bond acceptors (Lipinski definition) is 2. The van der Waals surface area contributed by atoms with Crippen LogP contribution in [0, 0.1) is 5.92 Å². The van der Waals surface area contributed by atoms with Gasteiger partial charge in [-0.3, -0.25) is 4.90 Å². The molecular weight excluding hydrogens is 426 g/mol. The molecule has 180 valence electrons. The lowest BCUT2D eigenvalue weighted by molar-refractivity contribution is 0.249. The maximum atomic E-state index is 4.90. The van der Waals surface area contributed by atoms with Gasteiger partial charge in [0.2, 0.25) is 0 Å². The average Bonchev–Trinajstić information content (AvgIpc) is 3.58. The van der Waals surface area contributed by atoms with Crippen molar-refractivity contribution in [1.29, 1.82) is 0 Å². The predicted molar refractivity (Wildman–Crippen MR) is 145 cm³/mol. The number of rotatable bonds is 12. The molecule has 0 radical (unpaired) electrons. The lowest BCUT2D eigenvalue weighted by Gasteiger charge is -2.24. The van der Waals surface area contributed by atoms with Crippen LogP contribution in [0.4, 0.5) is 0 Å². The number of benzene rings is 3. The molecule has 3 aromatic carbocycles. The van der Waals surface area contributed by atoms with Crippen LogP contribution >= 0.6 is 0 Å². The van der Waals surface area contributed by atoms with Gasteiger partial charge in [-0.05, 0) is 42.2 Å². The van der Waals surface area contributed by atoms with Crippen molar-refractivity contribution < 1.29 is 0 Å². The third kappa shape index (κ3) is 6.10. The van der Waals surface area contributed by atoms with Crippen LogP contribution in [0.25, 0.3) is 11.4 Å². The van der Waals surface area contributed by atoms with E-state index in [1.165, 1.54) is 41.6 Å². The molecule has 0 aliphatic heterocycles. The molecule has 35 heavy (non-hydrogen) atoms. The standard InChI is InChI=1S/C32H37N3/c1-2-3-20-35-30(23-33-32(35)28-17-11-6-12-18-28)25-34(21-19-26-13-7-4-8-14-26)24-29-22-31(29)27-15-9-5-10-16-27/h4-18,23,29,31H,2-3,19-22,24-25H2,1H3. The molecule has 0 N–H and O–H groups in total. The van der Waals surface area contributed by atoms with E-state index in [2.05, 4.69) is 114 Å². The van der Waals surface area contributed by atoms with Gasteiger partial charge in [0.05, 0.1) is 11.9 Å². The van der Waals surface area contributed by atoms with Crippen LogP contribution in [0.15, 0.2) is 97.2 Å². The van der Waals surface area contributed by atoms with Crippen LogP contribution < -0.4 is 0 Å². The van der Waals surface area contributed by atoms with E-state index in [1.807, 2.05) is 0 Å². The molecule has 1 aromatic heterocycles. The number of unbranched alkanes of at least 4 members (excludes halogenated alkanes) is 1. The summed E-state index contributed by atoms with van der Waals surface area (Å²) in [5.41, 5.74) is 5.46. The molecule has 2 unspecified atom stereocenters. The van der Waals surface area contributed by atoms with Gasteiger partial charge in [-0.1, -0.05) is 104 Å². The highest BCUT2D eigenvalue weighted by Crippen LogP contribution is 2.47. The Hall–Kier alpha value is -3.17. The zero-order valence-corrected chi connectivity index (χ0v) is 20.9. The second-order valence-electron chi connectivity index (χ2n) is 9.93. The summed E-state index contributed by atoms with van der Waals surface area (Å²) >= 11 is 0. The van der Waals surface area contributed by atoms with E-state index in [0.717, 1.165) is 44.3 Å². The van der Waals surface area contributed by atoms with E-state index >= 15 is 0 Å². The fourth-order valence-electron chi connectivity index (χ4n) is 5.21. The van der Waals surface area contributed by atoms with Gasteiger partial charge in [0.15, 0.2) is 0 Å². The molecule has 1 fully saturated rings. The molecule has 1 aliphatic carbocycles. The quantitative estimate of drug-likeness (QED) is 0.221. The topological polar surface area (TPSA) is 21.1 Å². The van der Waals surface area contributed by atoms with Crippen molar-refractivity contribution in [3.63, 3.8) is 0 Å². The Morgan fingerprint density at radius 1 is 0.886 bits per heavy atom. The number of hydrogen-bond donors (Lipinski definition) is 0. The van der Waals surface area contributed by atoms with Gasteiger partial charge >= 0.3 is 0 Å².